The topological polar surface area (TPSA) is 33.0 Å². The van der Waals surface area contributed by atoms with Gasteiger partial charge in [-0.1, -0.05) is 32.9 Å². The van der Waals surface area contributed by atoms with E-state index in [4.69, 9.17) is 10.00 Å². The number of aryl methyl sites for hydroxylation is 2. The van der Waals surface area contributed by atoms with Gasteiger partial charge in [0.2, 0.25) is 0 Å². The molecule has 0 heterocycles. The Morgan fingerprint density at radius 3 is 2.00 bits per heavy atom. The van der Waals surface area contributed by atoms with Crippen LogP contribution in [0.2, 0.25) is 0 Å². The number of ether oxygens (including phenoxy) is 1. The van der Waals surface area contributed by atoms with Gasteiger partial charge in [-0.25, -0.2) is 0 Å². The van der Waals surface area contributed by atoms with Crippen LogP contribution in [0.4, 0.5) is 0 Å². The first-order valence-corrected chi connectivity index (χ1v) is 7.55. The molecule has 0 aliphatic rings. The van der Waals surface area contributed by atoms with Crippen molar-refractivity contribution in [1.29, 1.82) is 5.26 Å². The van der Waals surface area contributed by atoms with Crippen LogP contribution >= 0.6 is 0 Å². The Bertz CT molecular complexity index is 677. The van der Waals surface area contributed by atoms with Crippen LogP contribution in [0.3, 0.4) is 0 Å². The number of hydrogen-bond acceptors (Lipinski definition) is 2. The summed E-state index contributed by atoms with van der Waals surface area (Å²) < 4.78 is 5.87. The third kappa shape index (κ3) is 3.68. The zero-order chi connectivity index (χ0) is 16.3. The standard InChI is InChI=1S/C20H23NO/c1-14-10-17(20(3,4)5)11-15(2)19(14)13-22-18-8-6-16(12-21)7-9-18/h6-11H,13H2,1-5H3. The fourth-order valence-electron chi connectivity index (χ4n) is 2.44. The van der Waals surface area contributed by atoms with E-state index in [1.807, 2.05) is 12.1 Å². The van der Waals surface area contributed by atoms with Gasteiger partial charge < -0.3 is 4.74 Å². The van der Waals surface area contributed by atoms with Crippen molar-refractivity contribution >= 4 is 0 Å². The van der Waals surface area contributed by atoms with Crippen LogP contribution in [0.5, 0.6) is 5.75 Å². The maximum absolute atomic E-state index is 8.81. The van der Waals surface area contributed by atoms with Crippen molar-refractivity contribution < 1.29 is 4.74 Å². The van der Waals surface area contributed by atoms with Crippen LogP contribution in [0.15, 0.2) is 36.4 Å². The molecular formula is C20H23NO. The molecule has 0 saturated carbocycles. The summed E-state index contributed by atoms with van der Waals surface area (Å²) in [5.41, 5.74) is 5.91. The number of benzene rings is 2. The van der Waals surface area contributed by atoms with Gasteiger partial charge in [0.15, 0.2) is 0 Å². The fraction of sp³-hybridized carbons (Fsp3) is 0.350. The quantitative estimate of drug-likeness (QED) is 0.793. The SMILES string of the molecule is Cc1cc(C(C)(C)C)cc(C)c1COc1ccc(C#N)cc1. The lowest BCUT2D eigenvalue weighted by atomic mass is 9.84. The minimum absolute atomic E-state index is 0.155. The predicted octanol–water partition coefficient (Wildman–Crippen LogP) is 5.05. The number of nitriles is 1. The molecule has 0 unspecified atom stereocenters. The molecule has 2 nitrogen and oxygen atoms in total. The Hall–Kier alpha value is -2.27. The monoisotopic (exact) mass is 293 g/mol. The van der Waals surface area contributed by atoms with Crippen LogP contribution in [0.1, 0.15) is 48.6 Å². The van der Waals surface area contributed by atoms with E-state index in [-0.39, 0.29) is 5.41 Å². The van der Waals surface area contributed by atoms with Gasteiger partial charge in [-0.05, 0) is 65.8 Å². The maximum atomic E-state index is 8.81. The zero-order valence-electron chi connectivity index (χ0n) is 14.0. The lowest BCUT2D eigenvalue weighted by molar-refractivity contribution is 0.304. The molecular weight excluding hydrogens is 270 g/mol. The highest BCUT2D eigenvalue weighted by Crippen LogP contribution is 2.27. The third-order valence-corrected chi connectivity index (χ3v) is 3.93. The summed E-state index contributed by atoms with van der Waals surface area (Å²) in [6.45, 7) is 11.5. The largest absolute Gasteiger partial charge is 0.489 e. The van der Waals surface area contributed by atoms with Crippen molar-refractivity contribution in [3.63, 3.8) is 0 Å². The summed E-state index contributed by atoms with van der Waals surface area (Å²) in [7, 11) is 0. The van der Waals surface area contributed by atoms with E-state index in [0.29, 0.717) is 12.2 Å². The van der Waals surface area contributed by atoms with Gasteiger partial charge in [-0.15, -0.1) is 0 Å². The second kappa shape index (κ2) is 6.23. The first kappa shape index (κ1) is 16.1. The Morgan fingerprint density at radius 2 is 1.55 bits per heavy atom. The van der Waals surface area contributed by atoms with Gasteiger partial charge in [0.25, 0.3) is 0 Å². The summed E-state index contributed by atoms with van der Waals surface area (Å²) in [5, 5.41) is 8.81. The van der Waals surface area contributed by atoms with Crippen LogP contribution in [-0.2, 0) is 12.0 Å². The number of nitrogens with zero attached hydrogens (tertiary/aromatic N) is 1. The molecule has 0 aliphatic heterocycles. The average Bonchev–Trinajstić information content (AvgIpc) is 2.46. The minimum atomic E-state index is 0.155. The van der Waals surface area contributed by atoms with Gasteiger partial charge in [0, 0.05) is 0 Å². The van der Waals surface area contributed by atoms with Crippen LogP contribution in [0.25, 0.3) is 0 Å². The Morgan fingerprint density at radius 1 is 1.00 bits per heavy atom. The Kier molecular flexibility index (Phi) is 4.56. The zero-order valence-corrected chi connectivity index (χ0v) is 14.0. The molecule has 0 fully saturated rings. The molecule has 114 valence electrons. The van der Waals surface area contributed by atoms with Crippen molar-refractivity contribution in [2.75, 3.05) is 0 Å². The maximum Gasteiger partial charge on any atom is 0.119 e. The Balaban J connectivity index is 2.18. The molecule has 2 heteroatoms. The smallest absolute Gasteiger partial charge is 0.119 e. The van der Waals surface area contributed by atoms with E-state index >= 15 is 0 Å². The first-order valence-electron chi connectivity index (χ1n) is 7.55. The first-order chi connectivity index (χ1) is 10.3. The molecule has 0 aliphatic carbocycles. The number of rotatable bonds is 3. The van der Waals surface area contributed by atoms with Crippen molar-refractivity contribution in [3.8, 4) is 11.8 Å². The molecule has 2 aromatic rings. The molecule has 0 atom stereocenters. The fourth-order valence-corrected chi connectivity index (χ4v) is 2.44. The summed E-state index contributed by atoms with van der Waals surface area (Å²) in [4.78, 5) is 0. The molecule has 2 aromatic carbocycles. The molecule has 0 saturated heterocycles. The minimum Gasteiger partial charge on any atom is -0.489 e. The van der Waals surface area contributed by atoms with E-state index in [1.54, 1.807) is 12.1 Å². The van der Waals surface area contributed by atoms with E-state index in [1.165, 1.54) is 22.3 Å². The van der Waals surface area contributed by atoms with E-state index in [2.05, 4.69) is 52.8 Å². The van der Waals surface area contributed by atoms with Crippen molar-refractivity contribution in [2.45, 2.75) is 46.6 Å². The molecule has 0 amide bonds. The van der Waals surface area contributed by atoms with Crippen molar-refractivity contribution in [1.82, 2.24) is 0 Å². The summed E-state index contributed by atoms with van der Waals surface area (Å²) in [6, 6.07) is 13.9. The summed E-state index contributed by atoms with van der Waals surface area (Å²) in [6.07, 6.45) is 0. The van der Waals surface area contributed by atoms with Crippen LogP contribution < -0.4 is 4.74 Å². The van der Waals surface area contributed by atoms with Gasteiger partial charge in [-0.2, -0.15) is 5.26 Å². The average molecular weight is 293 g/mol. The normalized spacial score (nSPS) is 11.1. The van der Waals surface area contributed by atoms with Crippen LogP contribution in [0, 0.1) is 25.2 Å². The second-order valence-corrected chi connectivity index (χ2v) is 6.76. The summed E-state index contributed by atoms with van der Waals surface area (Å²) >= 11 is 0. The molecule has 0 aromatic heterocycles. The van der Waals surface area contributed by atoms with Crippen molar-refractivity contribution in [3.05, 3.63) is 64.2 Å². The molecule has 2 rings (SSSR count). The summed E-state index contributed by atoms with van der Waals surface area (Å²) in [5.74, 6) is 0.790. The molecule has 0 N–H and O–H groups in total. The van der Waals surface area contributed by atoms with E-state index in [0.717, 1.165) is 5.75 Å². The van der Waals surface area contributed by atoms with Gasteiger partial charge in [0.1, 0.15) is 12.4 Å². The highest BCUT2D eigenvalue weighted by atomic mass is 16.5. The number of hydrogen-bond donors (Lipinski definition) is 0. The molecule has 0 spiro atoms. The second-order valence-electron chi connectivity index (χ2n) is 6.76. The molecule has 0 bridgehead atoms. The van der Waals surface area contributed by atoms with Crippen molar-refractivity contribution in [2.24, 2.45) is 0 Å². The van der Waals surface area contributed by atoms with Gasteiger partial charge in [0.05, 0.1) is 11.6 Å². The van der Waals surface area contributed by atoms with Crippen LogP contribution in [-0.4, -0.2) is 0 Å². The lowest BCUT2D eigenvalue weighted by Gasteiger charge is -2.22. The van der Waals surface area contributed by atoms with Gasteiger partial charge in [-0.3, -0.25) is 0 Å². The highest BCUT2D eigenvalue weighted by Gasteiger charge is 2.16. The molecule has 0 radical (unpaired) electrons. The third-order valence-electron chi connectivity index (χ3n) is 3.93. The van der Waals surface area contributed by atoms with Gasteiger partial charge >= 0.3 is 0 Å². The highest BCUT2D eigenvalue weighted by molar-refractivity contribution is 5.41. The predicted molar refractivity (Wildman–Crippen MR) is 90.1 cm³/mol. The van der Waals surface area contributed by atoms with E-state index in [9.17, 15) is 0 Å². The van der Waals surface area contributed by atoms with E-state index < -0.39 is 0 Å². The molecule has 22 heavy (non-hydrogen) atoms. The Labute approximate surface area is 133 Å². The lowest BCUT2D eigenvalue weighted by Crippen LogP contribution is -2.13.